The van der Waals surface area contributed by atoms with Crippen LogP contribution >= 0.6 is 11.8 Å². The molecule has 1 fully saturated rings. The fraction of sp³-hybridized carbons (Fsp3) is 0.583. The summed E-state index contributed by atoms with van der Waals surface area (Å²) < 4.78 is 1.59. The first kappa shape index (κ1) is 13.9. The van der Waals surface area contributed by atoms with Crippen LogP contribution < -0.4 is 5.32 Å². The van der Waals surface area contributed by atoms with Crippen LogP contribution in [-0.2, 0) is 16.1 Å². The van der Waals surface area contributed by atoms with Crippen molar-refractivity contribution >= 4 is 23.6 Å². The average Bonchev–Trinajstić information content (AvgIpc) is 2.88. The number of carboxylic acid groups (broad SMARTS) is 1. The van der Waals surface area contributed by atoms with Crippen molar-refractivity contribution in [3.8, 4) is 0 Å². The molecule has 0 saturated carbocycles. The van der Waals surface area contributed by atoms with Gasteiger partial charge in [0.1, 0.15) is 12.1 Å². The normalized spacial score (nSPS) is 22.4. The minimum atomic E-state index is -1.11. The van der Waals surface area contributed by atoms with Gasteiger partial charge in [-0.1, -0.05) is 0 Å². The fourth-order valence-electron chi connectivity index (χ4n) is 2.16. The van der Waals surface area contributed by atoms with Gasteiger partial charge in [-0.15, -0.1) is 0 Å². The first-order chi connectivity index (χ1) is 8.93. The predicted octanol–water partition coefficient (Wildman–Crippen LogP) is 0.576. The minimum Gasteiger partial charge on any atom is -0.479 e. The molecule has 0 radical (unpaired) electrons. The fourth-order valence-corrected chi connectivity index (χ4v) is 3.49. The van der Waals surface area contributed by atoms with E-state index in [1.807, 2.05) is 19.9 Å². The number of hydrogen-bond acceptors (Lipinski definition) is 4. The number of aromatic nitrogens is 2. The first-order valence-electron chi connectivity index (χ1n) is 6.06. The standard InChI is InChI=1S/C12H17N3O3S/c1-8-5-9(2)15(14-8)6-10(16)13-12(11(17)18)3-4-19-7-12/h5H,3-4,6-7H2,1-2H3,(H,13,16)(H,17,18)/t12-/m1/s1. The topological polar surface area (TPSA) is 84.2 Å². The molecule has 7 heteroatoms. The van der Waals surface area contributed by atoms with Gasteiger partial charge in [0.05, 0.1) is 5.69 Å². The number of carboxylic acids is 1. The molecule has 1 saturated heterocycles. The van der Waals surface area contributed by atoms with E-state index in [1.54, 1.807) is 16.4 Å². The maximum atomic E-state index is 12.0. The summed E-state index contributed by atoms with van der Waals surface area (Å²) in [7, 11) is 0. The maximum Gasteiger partial charge on any atom is 0.330 e. The Labute approximate surface area is 115 Å². The number of aliphatic carboxylic acids is 1. The minimum absolute atomic E-state index is 0.0549. The lowest BCUT2D eigenvalue weighted by atomic mass is 9.99. The second-order valence-corrected chi connectivity index (χ2v) is 5.93. The molecule has 1 aromatic rings. The molecule has 1 aliphatic heterocycles. The Kier molecular flexibility index (Phi) is 3.84. The zero-order valence-corrected chi connectivity index (χ0v) is 11.8. The quantitative estimate of drug-likeness (QED) is 0.844. The van der Waals surface area contributed by atoms with E-state index >= 15 is 0 Å². The summed E-state index contributed by atoms with van der Waals surface area (Å²) in [6.07, 6.45) is 0.468. The van der Waals surface area contributed by atoms with Crippen molar-refractivity contribution in [1.82, 2.24) is 15.1 Å². The van der Waals surface area contributed by atoms with Crippen LogP contribution in [0.15, 0.2) is 6.07 Å². The number of carbonyl (C=O) groups is 2. The Balaban J connectivity index is 2.04. The van der Waals surface area contributed by atoms with Crippen LogP contribution in [0.25, 0.3) is 0 Å². The molecule has 0 spiro atoms. The SMILES string of the molecule is Cc1cc(C)n(CC(=O)N[C@]2(C(=O)O)CCSC2)n1. The van der Waals surface area contributed by atoms with E-state index in [4.69, 9.17) is 0 Å². The van der Waals surface area contributed by atoms with Gasteiger partial charge in [0.15, 0.2) is 0 Å². The Morgan fingerprint density at radius 3 is 2.79 bits per heavy atom. The summed E-state index contributed by atoms with van der Waals surface area (Å²) in [6.45, 7) is 3.78. The molecule has 0 unspecified atom stereocenters. The van der Waals surface area contributed by atoms with Crippen molar-refractivity contribution in [2.45, 2.75) is 32.4 Å². The van der Waals surface area contributed by atoms with Crippen molar-refractivity contribution in [2.24, 2.45) is 0 Å². The third-order valence-electron chi connectivity index (χ3n) is 3.21. The van der Waals surface area contributed by atoms with Crippen molar-refractivity contribution in [2.75, 3.05) is 11.5 Å². The largest absolute Gasteiger partial charge is 0.479 e. The summed E-state index contributed by atoms with van der Waals surface area (Å²) in [5.74, 6) is -0.0900. The van der Waals surface area contributed by atoms with Crippen LogP contribution in [0.3, 0.4) is 0 Å². The third-order valence-corrected chi connectivity index (χ3v) is 4.40. The third kappa shape index (κ3) is 2.91. The number of nitrogens with zero attached hydrogens (tertiary/aromatic N) is 2. The van der Waals surface area contributed by atoms with E-state index in [9.17, 15) is 14.7 Å². The summed E-state index contributed by atoms with van der Waals surface area (Å²) in [5, 5.41) is 16.1. The number of rotatable bonds is 4. The molecule has 0 bridgehead atoms. The molecular weight excluding hydrogens is 266 g/mol. The highest BCUT2D eigenvalue weighted by molar-refractivity contribution is 7.99. The predicted molar refractivity (Wildman–Crippen MR) is 72.2 cm³/mol. The number of aryl methyl sites for hydroxylation is 2. The molecule has 1 atom stereocenters. The highest BCUT2D eigenvalue weighted by Gasteiger charge is 2.43. The van der Waals surface area contributed by atoms with Crippen LogP contribution in [0, 0.1) is 13.8 Å². The smallest absolute Gasteiger partial charge is 0.330 e. The number of thioether (sulfide) groups is 1. The molecular formula is C12H17N3O3S. The number of hydrogen-bond donors (Lipinski definition) is 2. The second kappa shape index (κ2) is 5.24. The zero-order chi connectivity index (χ0) is 14.0. The summed E-state index contributed by atoms with van der Waals surface area (Å²) in [5.41, 5.74) is 0.616. The average molecular weight is 283 g/mol. The molecule has 6 nitrogen and oxygen atoms in total. The van der Waals surface area contributed by atoms with Gasteiger partial charge in [-0.2, -0.15) is 16.9 Å². The van der Waals surface area contributed by atoms with Crippen molar-refractivity contribution < 1.29 is 14.7 Å². The number of nitrogens with one attached hydrogen (secondary N) is 1. The summed E-state index contributed by atoms with van der Waals surface area (Å²) in [4.78, 5) is 23.3. The van der Waals surface area contributed by atoms with E-state index in [2.05, 4.69) is 10.4 Å². The Morgan fingerprint density at radius 1 is 1.58 bits per heavy atom. The van der Waals surface area contributed by atoms with Crippen molar-refractivity contribution in [3.63, 3.8) is 0 Å². The van der Waals surface area contributed by atoms with Gasteiger partial charge < -0.3 is 10.4 Å². The lowest BCUT2D eigenvalue weighted by Gasteiger charge is -2.24. The van der Waals surface area contributed by atoms with Gasteiger partial charge in [0.25, 0.3) is 0 Å². The van der Waals surface area contributed by atoms with Gasteiger partial charge in [-0.25, -0.2) is 4.79 Å². The van der Waals surface area contributed by atoms with Crippen LogP contribution in [0.4, 0.5) is 0 Å². The Hall–Kier alpha value is -1.50. The molecule has 2 rings (SSSR count). The van der Waals surface area contributed by atoms with E-state index in [-0.39, 0.29) is 12.5 Å². The molecule has 0 aliphatic carbocycles. The van der Waals surface area contributed by atoms with Gasteiger partial charge in [-0.05, 0) is 32.1 Å². The molecule has 104 valence electrons. The zero-order valence-electron chi connectivity index (χ0n) is 11.0. The van der Waals surface area contributed by atoms with Crippen LogP contribution in [-0.4, -0.2) is 43.8 Å². The van der Waals surface area contributed by atoms with Gasteiger partial charge in [-0.3, -0.25) is 9.48 Å². The molecule has 1 aromatic heterocycles. The van der Waals surface area contributed by atoms with E-state index < -0.39 is 11.5 Å². The Bertz CT molecular complexity index is 506. The molecule has 0 aromatic carbocycles. The highest BCUT2D eigenvalue weighted by Crippen LogP contribution is 2.28. The van der Waals surface area contributed by atoms with E-state index in [0.717, 1.165) is 17.1 Å². The Morgan fingerprint density at radius 2 is 2.32 bits per heavy atom. The van der Waals surface area contributed by atoms with Crippen LogP contribution in [0.2, 0.25) is 0 Å². The van der Waals surface area contributed by atoms with Crippen molar-refractivity contribution in [3.05, 3.63) is 17.5 Å². The molecule has 1 amide bonds. The maximum absolute atomic E-state index is 12.0. The van der Waals surface area contributed by atoms with Crippen LogP contribution in [0.5, 0.6) is 0 Å². The summed E-state index contributed by atoms with van der Waals surface area (Å²) in [6, 6.07) is 1.88. The van der Waals surface area contributed by atoms with Crippen LogP contribution in [0.1, 0.15) is 17.8 Å². The van der Waals surface area contributed by atoms with Crippen molar-refractivity contribution in [1.29, 1.82) is 0 Å². The van der Waals surface area contributed by atoms with Gasteiger partial charge in [0, 0.05) is 11.4 Å². The summed E-state index contributed by atoms with van der Waals surface area (Å²) >= 11 is 1.55. The van der Waals surface area contributed by atoms with E-state index in [1.165, 1.54) is 0 Å². The van der Waals surface area contributed by atoms with Gasteiger partial charge in [0.2, 0.25) is 5.91 Å². The molecule has 2 N–H and O–H groups in total. The monoisotopic (exact) mass is 283 g/mol. The molecule has 1 aliphatic rings. The van der Waals surface area contributed by atoms with Gasteiger partial charge >= 0.3 is 5.97 Å². The lowest BCUT2D eigenvalue weighted by Crippen LogP contribution is -2.55. The second-order valence-electron chi connectivity index (χ2n) is 4.82. The molecule has 19 heavy (non-hydrogen) atoms. The first-order valence-corrected chi connectivity index (χ1v) is 7.22. The number of carbonyl (C=O) groups excluding carboxylic acids is 1. The number of amides is 1. The lowest BCUT2D eigenvalue weighted by molar-refractivity contribution is -0.146. The van der Waals surface area contributed by atoms with E-state index in [0.29, 0.717) is 12.2 Å². The highest BCUT2D eigenvalue weighted by atomic mass is 32.2. The molecule has 2 heterocycles.